The van der Waals surface area contributed by atoms with Crippen LogP contribution in [0, 0.1) is 31.3 Å². The van der Waals surface area contributed by atoms with Crippen molar-refractivity contribution in [3.8, 4) is 23.0 Å². The summed E-state index contributed by atoms with van der Waals surface area (Å²) in [6.45, 7) is 7.94. The van der Waals surface area contributed by atoms with Crippen LogP contribution in [0.25, 0.3) is 0 Å². The first-order valence-corrected chi connectivity index (χ1v) is 10.4. The summed E-state index contributed by atoms with van der Waals surface area (Å²) in [5.74, 6) is -0.685. The zero-order valence-corrected chi connectivity index (χ0v) is 19.0. The molecule has 3 aromatic carbocycles. The highest BCUT2D eigenvalue weighted by atomic mass is 127. The second kappa shape index (κ2) is 7.12. The molecule has 0 saturated carbocycles. The molecule has 0 bridgehead atoms. The van der Waals surface area contributed by atoms with Crippen LogP contribution in [0.4, 0.5) is 0 Å². The molecule has 4 rings (SSSR count). The van der Waals surface area contributed by atoms with Crippen molar-refractivity contribution in [1.82, 2.24) is 0 Å². The van der Waals surface area contributed by atoms with E-state index in [1.807, 2.05) is 56.4 Å². The monoisotopic (exact) mass is 514 g/mol. The van der Waals surface area contributed by atoms with Gasteiger partial charge in [-0.15, -0.1) is 0 Å². The van der Waals surface area contributed by atoms with Crippen molar-refractivity contribution in [2.45, 2.75) is 27.7 Å². The maximum absolute atomic E-state index is 13.1. The third kappa shape index (κ3) is 2.89. The lowest BCUT2D eigenvalue weighted by Gasteiger charge is -2.22. The quantitative estimate of drug-likeness (QED) is 0.345. The molecule has 0 atom stereocenters. The summed E-state index contributed by atoms with van der Waals surface area (Å²) < 4.78 is 6.49. The van der Waals surface area contributed by atoms with Crippen molar-refractivity contribution >= 4 is 34.2 Å². The molecule has 0 fully saturated rings. The molecule has 0 aliphatic heterocycles. The molecule has 0 saturated heterocycles. The van der Waals surface area contributed by atoms with Crippen LogP contribution in [0.3, 0.4) is 0 Å². The van der Waals surface area contributed by atoms with E-state index in [-0.39, 0.29) is 33.8 Å². The Hall–Kier alpha value is -2.87. The smallest absolute Gasteiger partial charge is 0.202 e. The summed E-state index contributed by atoms with van der Waals surface area (Å²) in [6, 6.07) is 7.87. The molecule has 2 N–H and O–H groups in total. The lowest BCUT2D eigenvalue weighted by Crippen LogP contribution is -2.21. The number of aromatic hydroxyl groups is 2. The average Bonchev–Trinajstić information content (AvgIpc) is 2.70. The number of phenolic OH excluding ortho intramolecular Hbond substituents is 2. The van der Waals surface area contributed by atoms with Gasteiger partial charge in [-0.1, -0.05) is 18.2 Å². The second-order valence-electron chi connectivity index (χ2n) is 7.51. The maximum atomic E-state index is 13.1. The molecular formula is C24H19IO5. The predicted molar refractivity (Wildman–Crippen MR) is 121 cm³/mol. The SMILES string of the molecule is Cc1cc(C)c(Oc2cc3c(c(O)c2I)C(=O)c2c(O)cccc2C3=O)c(C)c1C. The van der Waals surface area contributed by atoms with E-state index in [1.165, 1.54) is 24.3 Å². The molecule has 0 amide bonds. The minimum absolute atomic E-state index is 0.0603. The Morgan fingerprint density at radius 3 is 2.23 bits per heavy atom. The third-order valence-electron chi connectivity index (χ3n) is 5.69. The van der Waals surface area contributed by atoms with Gasteiger partial charge in [-0.3, -0.25) is 9.59 Å². The van der Waals surface area contributed by atoms with E-state index in [0.29, 0.717) is 15.1 Å². The van der Waals surface area contributed by atoms with Crippen molar-refractivity contribution in [3.63, 3.8) is 0 Å². The first kappa shape index (κ1) is 20.4. The van der Waals surface area contributed by atoms with Crippen LogP contribution in [0.15, 0.2) is 30.3 Å². The molecule has 152 valence electrons. The largest absolute Gasteiger partial charge is 0.507 e. The van der Waals surface area contributed by atoms with Crippen LogP contribution < -0.4 is 4.74 Å². The van der Waals surface area contributed by atoms with Gasteiger partial charge in [-0.25, -0.2) is 0 Å². The Bertz CT molecular complexity index is 1270. The van der Waals surface area contributed by atoms with E-state index in [4.69, 9.17) is 4.74 Å². The lowest BCUT2D eigenvalue weighted by molar-refractivity contribution is 0.0974. The number of phenols is 2. The van der Waals surface area contributed by atoms with E-state index in [1.54, 1.807) is 0 Å². The van der Waals surface area contributed by atoms with Crippen molar-refractivity contribution in [2.75, 3.05) is 0 Å². The highest BCUT2D eigenvalue weighted by molar-refractivity contribution is 14.1. The lowest BCUT2D eigenvalue weighted by atomic mass is 9.83. The van der Waals surface area contributed by atoms with Gasteiger partial charge in [0.1, 0.15) is 23.0 Å². The Morgan fingerprint density at radius 2 is 1.53 bits per heavy atom. The van der Waals surface area contributed by atoms with Crippen molar-refractivity contribution < 1.29 is 24.5 Å². The molecule has 3 aromatic rings. The highest BCUT2D eigenvalue weighted by Gasteiger charge is 2.36. The van der Waals surface area contributed by atoms with Crippen LogP contribution in [-0.4, -0.2) is 21.8 Å². The zero-order valence-electron chi connectivity index (χ0n) is 16.9. The molecule has 0 radical (unpaired) electrons. The van der Waals surface area contributed by atoms with Gasteiger partial charge in [-0.2, -0.15) is 0 Å². The molecule has 5 nitrogen and oxygen atoms in total. The maximum Gasteiger partial charge on any atom is 0.202 e. The Morgan fingerprint density at radius 1 is 0.833 bits per heavy atom. The van der Waals surface area contributed by atoms with Crippen molar-refractivity contribution in [2.24, 2.45) is 0 Å². The number of rotatable bonds is 2. The number of carbonyl (C=O) groups excluding carboxylic acids is 2. The van der Waals surface area contributed by atoms with Gasteiger partial charge in [-0.05, 0) is 84.7 Å². The highest BCUT2D eigenvalue weighted by Crippen LogP contribution is 2.44. The van der Waals surface area contributed by atoms with E-state index in [2.05, 4.69) is 0 Å². The average molecular weight is 514 g/mol. The Labute approximate surface area is 187 Å². The fraction of sp³-hybridized carbons (Fsp3) is 0.167. The molecule has 0 heterocycles. The van der Waals surface area contributed by atoms with Crippen molar-refractivity contribution in [1.29, 1.82) is 0 Å². The van der Waals surface area contributed by atoms with E-state index < -0.39 is 11.6 Å². The van der Waals surface area contributed by atoms with Gasteiger partial charge >= 0.3 is 0 Å². The fourth-order valence-corrected chi connectivity index (χ4v) is 4.40. The summed E-state index contributed by atoms with van der Waals surface area (Å²) in [5.41, 5.74) is 4.12. The van der Waals surface area contributed by atoms with Crippen LogP contribution in [0.1, 0.15) is 54.1 Å². The van der Waals surface area contributed by atoms with Gasteiger partial charge in [0.05, 0.1) is 14.7 Å². The topological polar surface area (TPSA) is 83.8 Å². The summed E-state index contributed by atoms with van der Waals surface area (Å²) >= 11 is 1.90. The Balaban J connectivity index is 1.91. The standard InChI is InChI=1S/C24H19IO5/c1-10-8-11(2)24(13(4)12(10)3)30-17-9-15-19(23(29)20(17)25)22(28)18-14(21(15)27)6-5-7-16(18)26/h5-9,26,29H,1-4H3. The number of halogens is 1. The summed E-state index contributed by atoms with van der Waals surface area (Å²) in [4.78, 5) is 26.1. The number of benzene rings is 3. The number of ether oxygens (including phenoxy) is 1. The van der Waals surface area contributed by atoms with Gasteiger partial charge in [0.15, 0.2) is 5.78 Å². The van der Waals surface area contributed by atoms with Crippen LogP contribution in [-0.2, 0) is 0 Å². The van der Waals surface area contributed by atoms with E-state index >= 15 is 0 Å². The molecule has 0 aromatic heterocycles. The first-order chi connectivity index (χ1) is 14.1. The van der Waals surface area contributed by atoms with Crippen LogP contribution in [0.2, 0.25) is 0 Å². The molecule has 6 heteroatoms. The van der Waals surface area contributed by atoms with Gasteiger partial charge in [0.2, 0.25) is 5.78 Å². The van der Waals surface area contributed by atoms with Crippen LogP contribution in [0.5, 0.6) is 23.0 Å². The third-order valence-corrected chi connectivity index (χ3v) is 6.73. The fourth-order valence-electron chi connectivity index (χ4n) is 3.87. The summed E-state index contributed by atoms with van der Waals surface area (Å²) in [7, 11) is 0. The minimum atomic E-state index is -0.585. The summed E-state index contributed by atoms with van der Waals surface area (Å²) in [5, 5.41) is 20.9. The van der Waals surface area contributed by atoms with Crippen LogP contribution >= 0.6 is 22.6 Å². The summed E-state index contributed by atoms with van der Waals surface area (Å²) in [6.07, 6.45) is 0. The predicted octanol–water partition coefficient (Wildman–Crippen LogP) is 5.50. The van der Waals surface area contributed by atoms with E-state index in [0.717, 1.165) is 22.3 Å². The molecule has 1 aliphatic rings. The number of hydrogen-bond donors (Lipinski definition) is 2. The molecule has 0 unspecified atom stereocenters. The molecule has 0 spiro atoms. The molecule has 30 heavy (non-hydrogen) atoms. The number of aryl methyl sites for hydroxylation is 2. The van der Waals surface area contributed by atoms with Gasteiger partial charge in [0, 0.05) is 11.1 Å². The minimum Gasteiger partial charge on any atom is -0.507 e. The Kier molecular flexibility index (Phi) is 4.85. The van der Waals surface area contributed by atoms with Gasteiger partial charge < -0.3 is 14.9 Å². The molecular weight excluding hydrogens is 495 g/mol. The second-order valence-corrected chi connectivity index (χ2v) is 8.59. The number of fused-ring (bicyclic) bond motifs is 2. The number of hydrogen-bond acceptors (Lipinski definition) is 5. The van der Waals surface area contributed by atoms with Gasteiger partial charge in [0.25, 0.3) is 0 Å². The number of carbonyl (C=O) groups is 2. The van der Waals surface area contributed by atoms with E-state index in [9.17, 15) is 19.8 Å². The first-order valence-electron chi connectivity index (χ1n) is 9.35. The zero-order chi connectivity index (χ0) is 21.9. The molecule has 1 aliphatic carbocycles. The van der Waals surface area contributed by atoms with Crippen molar-refractivity contribution in [3.05, 3.63) is 78.4 Å². The number of ketones is 2. The normalized spacial score (nSPS) is 12.6.